The van der Waals surface area contributed by atoms with Crippen molar-refractivity contribution < 1.29 is 9.84 Å². The van der Waals surface area contributed by atoms with E-state index in [9.17, 15) is 0 Å². The molecule has 5 nitrogen and oxygen atoms in total. The van der Waals surface area contributed by atoms with Crippen molar-refractivity contribution in [3.63, 3.8) is 0 Å². The summed E-state index contributed by atoms with van der Waals surface area (Å²) in [5, 5.41) is 17.0. The van der Waals surface area contributed by atoms with E-state index in [0.29, 0.717) is 13.2 Å². The molecule has 0 radical (unpaired) electrons. The number of aromatic nitrogens is 2. The zero-order chi connectivity index (χ0) is 19.8. The minimum Gasteiger partial charge on any atom is -0.394 e. The first kappa shape index (κ1) is 20.3. The quantitative estimate of drug-likeness (QED) is 0.531. The standard InChI is InChI=1S/C23H29N3O2/c1-18-3-7-20(8-4-18)16-26-17-22(15-24-11-13-28-14-12-27)23(25-26)21-9-5-19(2)6-10-21/h3-10,17,24,27H,11-16H2,1-2H3. The number of nitrogens with one attached hydrogen (secondary N) is 1. The van der Waals surface area contributed by atoms with Crippen LogP contribution in [-0.4, -0.2) is 41.3 Å². The van der Waals surface area contributed by atoms with E-state index in [-0.39, 0.29) is 6.61 Å². The van der Waals surface area contributed by atoms with E-state index in [4.69, 9.17) is 14.9 Å². The lowest BCUT2D eigenvalue weighted by molar-refractivity contribution is 0.0938. The van der Waals surface area contributed by atoms with Gasteiger partial charge in [-0.15, -0.1) is 0 Å². The zero-order valence-corrected chi connectivity index (χ0v) is 16.7. The smallest absolute Gasteiger partial charge is 0.0968 e. The molecule has 148 valence electrons. The third-order valence-electron chi connectivity index (χ3n) is 4.60. The van der Waals surface area contributed by atoms with Crippen LogP contribution in [0.15, 0.2) is 54.7 Å². The Bertz CT molecular complexity index is 855. The summed E-state index contributed by atoms with van der Waals surface area (Å²) in [5.74, 6) is 0. The molecule has 0 saturated carbocycles. The van der Waals surface area contributed by atoms with Crippen LogP contribution >= 0.6 is 0 Å². The molecule has 0 spiro atoms. The summed E-state index contributed by atoms with van der Waals surface area (Å²) in [6.07, 6.45) is 2.12. The Balaban J connectivity index is 1.74. The molecule has 0 aliphatic heterocycles. The van der Waals surface area contributed by atoms with Crippen LogP contribution in [0.2, 0.25) is 0 Å². The summed E-state index contributed by atoms with van der Waals surface area (Å²) in [4.78, 5) is 0. The van der Waals surface area contributed by atoms with Gasteiger partial charge in [-0.2, -0.15) is 5.10 Å². The number of ether oxygens (including phenoxy) is 1. The first-order valence-corrected chi connectivity index (χ1v) is 9.74. The third kappa shape index (κ3) is 5.76. The van der Waals surface area contributed by atoms with E-state index in [2.05, 4.69) is 73.9 Å². The Morgan fingerprint density at radius 2 is 1.64 bits per heavy atom. The molecule has 0 aliphatic rings. The largest absolute Gasteiger partial charge is 0.394 e. The number of rotatable bonds is 10. The molecule has 0 unspecified atom stereocenters. The molecule has 3 rings (SSSR count). The second-order valence-corrected chi connectivity index (χ2v) is 7.06. The lowest BCUT2D eigenvalue weighted by Gasteiger charge is -2.06. The van der Waals surface area contributed by atoms with Crippen LogP contribution in [0.25, 0.3) is 11.3 Å². The van der Waals surface area contributed by atoms with Gasteiger partial charge in [0.25, 0.3) is 0 Å². The second-order valence-electron chi connectivity index (χ2n) is 7.06. The minimum atomic E-state index is 0.0589. The lowest BCUT2D eigenvalue weighted by Crippen LogP contribution is -2.20. The van der Waals surface area contributed by atoms with Gasteiger partial charge in [0.1, 0.15) is 0 Å². The maximum Gasteiger partial charge on any atom is 0.0968 e. The number of hydrogen-bond donors (Lipinski definition) is 2. The van der Waals surface area contributed by atoms with Crippen molar-refractivity contribution in [1.29, 1.82) is 0 Å². The van der Waals surface area contributed by atoms with E-state index in [1.165, 1.54) is 16.7 Å². The molecular formula is C23H29N3O2. The topological polar surface area (TPSA) is 59.3 Å². The molecule has 1 heterocycles. The van der Waals surface area contributed by atoms with Gasteiger partial charge >= 0.3 is 0 Å². The van der Waals surface area contributed by atoms with E-state index >= 15 is 0 Å². The van der Waals surface area contributed by atoms with Crippen molar-refractivity contribution in [2.24, 2.45) is 0 Å². The maximum atomic E-state index is 8.77. The van der Waals surface area contributed by atoms with Crippen LogP contribution in [0, 0.1) is 13.8 Å². The second kappa shape index (κ2) is 10.2. The van der Waals surface area contributed by atoms with Crippen LogP contribution in [0.4, 0.5) is 0 Å². The van der Waals surface area contributed by atoms with Gasteiger partial charge in [0.2, 0.25) is 0 Å². The first-order chi connectivity index (χ1) is 13.7. The summed E-state index contributed by atoms with van der Waals surface area (Å²) < 4.78 is 7.32. The maximum absolute atomic E-state index is 8.77. The average Bonchev–Trinajstić information content (AvgIpc) is 3.09. The molecule has 0 bridgehead atoms. The molecule has 0 atom stereocenters. The summed E-state index contributed by atoms with van der Waals surface area (Å²) in [6.45, 7) is 7.41. The molecule has 0 saturated heterocycles. The minimum absolute atomic E-state index is 0.0589. The molecule has 0 fully saturated rings. The van der Waals surface area contributed by atoms with Crippen molar-refractivity contribution in [2.75, 3.05) is 26.4 Å². The Labute approximate surface area is 167 Å². The van der Waals surface area contributed by atoms with Gasteiger partial charge < -0.3 is 15.2 Å². The van der Waals surface area contributed by atoms with Crippen LogP contribution in [0.3, 0.4) is 0 Å². The lowest BCUT2D eigenvalue weighted by atomic mass is 10.1. The van der Waals surface area contributed by atoms with E-state index < -0.39 is 0 Å². The van der Waals surface area contributed by atoms with Gasteiger partial charge in [-0.05, 0) is 19.4 Å². The Kier molecular flexibility index (Phi) is 7.37. The first-order valence-electron chi connectivity index (χ1n) is 9.74. The fraction of sp³-hybridized carbons (Fsp3) is 0.348. The van der Waals surface area contributed by atoms with E-state index in [1.807, 2.05) is 4.68 Å². The number of nitrogens with zero attached hydrogens (tertiary/aromatic N) is 2. The van der Waals surface area contributed by atoms with Crippen LogP contribution in [0.1, 0.15) is 22.3 Å². The highest BCUT2D eigenvalue weighted by Crippen LogP contribution is 2.23. The number of aliphatic hydroxyl groups excluding tert-OH is 1. The highest BCUT2D eigenvalue weighted by molar-refractivity contribution is 5.63. The van der Waals surface area contributed by atoms with Crippen LogP contribution in [0.5, 0.6) is 0 Å². The van der Waals surface area contributed by atoms with Gasteiger partial charge in [-0.1, -0.05) is 59.7 Å². The zero-order valence-electron chi connectivity index (χ0n) is 16.7. The van der Waals surface area contributed by atoms with Gasteiger partial charge in [0.05, 0.1) is 32.1 Å². The number of aliphatic hydroxyl groups is 1. The fourth-order valence-electron chi connectivity index (χ4n) is 3.04. The molecule has 28 heavy (non-hydrogen) atoms. The summed E-state index contributed by atoms with van der Waals surface area (Å²) >= 11 is 0. The van der Waals surface area contributed by atoms with Crippen molar-refractivity contribution in [3.8, 4) is 11.3 Å². The molecule has 3 aromatic rings. The average molecular weight is 380 g/mol. The number of aryl methyl sites for hydroxylation is 2. The number of hydrogen-bond acceptors (Lipinski definition) is 4. The Hall–Kier alpha value is -2.47. The fourth-order valence-corrected chi connectivity index (χ4v) is 3.04. The van der Waals surface area contributed by atoms with E-state index in [1.54, 1.807) is 0 Å². The monoisotopic (exact) mass is 379 g/mol. The molecular weight excluding hydrogens is 350 g/mol. The SMILES string of the molecule is Cc1ccc(Cn2cc(CNCCOCCO)c(-c3ccc(C)cc3)n2)cc1. The third-order valence-corrected chi connectivity index (χ3v) is 4.60. The van der Waals surface area contributed by atoms with Crippen molar-refractivity contribution in [3.05, 3.63) is 77.0 Å². The molecule has 2 aromatic carbocycles. The Morgan fingerprint density at radius 1 is 0.964 bits per heavy atom. The van der Waals surface area contributed by atoms with Crippen LogP contribution in [-0.2, 0) is 17.8 Å². The van der Waals surface area contributed by atoms with E-state index in [0.717, 1.165) is 36.5 Å². The van der Waals surface area contributed by atoms with Crippen molar-refractivity contribution in [1.82, 2.24) is 15.1 Å². The van der Waals surface area contributed by atoms with Crippen molar-refractivity contribution in [2.45, 2.75) is 26.9 Å². The normalized spacial score (nSPS) is 11.1. The summed E-state index contributed by atoms with van der Waals surface area (Å²) in [6, 6.07) is 17.1. The molecule has 0 aliphatic carbocycles. The molecule has 1 aromatic heterocycles. The number of benzene rings is 2. The summed E-state index contributed by atoms with van der Waals surface area (Å²) in [7, 11) is 0. The van der Waals surface area contributed by atoms with Crippen LogP contribution < -0.4 is 5.32 Å². The molecule has 2 N–H and O–H groups in total. The van der Waals surface area contributed by atoms with Gasteiger partial charge in [-0.3, -0.25) is 4.68 Å². The molecule has 5 heteroatoms. The highest BCUT2D eigenvalue weighted by Gasteiger charge is 2.11. The van der Waals surface area contributed by atoms with Crippen molar-refractivity contribution >= 4 is 0 Å². The Morgan fingerprint density at radius 3 is 2.32 bits per heavy atom. The predicted octanol–water partition coefficient (Wildman–Crippen LogP) is 3.31. The van der Waals surface area contributed by atoms with Gasteiger partial charge in [0.15, 0.2) is 0 Å². The molecule has 0 amide bonds. The highest BCUT2D eigenvalue weighted by atomic mass is 16.5. The van der Waals surface area contributed by atoms with Gasteiger partial charge in [0, 0.05) is 30.4 Å². The summed E-state index contributed by atoms with van der Waals surface area (Å²) in [5.41, 5.74) is 7.04. The van der Waals surface area contributed by atoms with Gasteiger partial charge in [-0.25, -0.2) is 0 Å². The predicted molar refractivity (Wildman–Crippen MR) is 112 cm³/mol.